The molecule has 0 aliphatic carbocycles. The lowest BCUT2D eigenvalue weighted by Gasteiger charge is -2.18. The summed E-state index contributed by atoms with van der Waals surface area (Å²) in [5.41, 5.74) is 0. The van der Waals surface area contributed by atoms with Gasteiger partial charge in [0.25, 0.3) is 0 Å². The van der Waals surface area contributed by atoms with Gasteiger partial charge in [-0.3, -0.25) is 14.4 Å². The van der Waals surface area contributed by atoms with E-state index in [-0.39, 0.29) is 31.1 Å². The second-order valence-electron chi connectivity index (χ2n) is 14.7. The maximum atomic E-state index is 12.6. The summed E-state index contributed by atoms with van der Waals surface area (Å²) in [5.74, 6) is -0.107. The van der Waals surface area contributed by atoms with Crippen LogP contribution < -0.4 is 0 Å². The van der Waals surface area contributed by atoms with Gasteiger partial charge in [-0.15, -0.1) is 0 Å². The normalized spacial score (nSPS) is 11.9. The number of unbranched alkanes of at least 4 members (excludes halogenated alkanes) is 24. The van der Waals surface area contributed by atoms with Crippen LogP contribution >= 0.6 is 0 Å². The molecule has 0 unspecified atom stereocenters. The summed E-state index contributed by atoms with van der Waals surface area (Å²) < 4.78 is 16.6. The van der Waals surface area contributed by atoms with Crippen LogP contribution in [0.2, 0.25) is 0 Å². The molecule has 0 saturated carbocycles. The Balaban J connectivity index is 4.29. The Morgan fingerprint density at radius 1 is 0.396 bits per heavy atom. The molecule has 0 aliphatic heterocycles. The van der Waals surface area contributed by atoms with Crippen molar-refractivity contribution in [3.63, 3.8) is 0 Å². The molecule has 6 nitrogen and oxygen atoms in total. The molecular formula is C42H80O6. The molecule has 0 N–H and O–H groups in total. The fraction of sp³-hybridized carbons (Fsp3) is 0.929. The highest BCUT2D eigenvalue weighted by molar-refractivity contribution is 5.71. The molecule has 0 bridgehead atoms. The van der Waals surface area contributed by atoms with Gasteiger partial charge in [-0.1, -0.05) is 188 Å². The van der Waals surface area contributed by atoms with Crippen molar-refractivity contribution < 1.29 is 28.6 Å². The molecule has 6 heteroatoms. The first-order valence-electron chi connectivity index (χ1n) is 20.9. The van der Waals surface area contributed by atoms with Crippen molar-refractivity contribution in [1.82, 2.24) is 0 Å². The van der Waals surface area contributed by atoms with Crippen LogP contribution in [-0.4, -0.2) is 37.2 Å². The molecule has 0 saturated heterocycles. The van der Waals surface area contributed by atoms with Crippen LogP contribution in [0.5, 0.6) is 0 Å². The van der Waals surface area contributed by atoms with E-state index >= 15 is 0 Å². The molecule has 0 radical (unpaired) electrons. The average molecular weight is 681 g/mol. The van der Waals surface area contributed by atoms with Crippen molar-refractivity contribution in [2.45, 2.75) is 233 Å². The van der Waals surface area contributed by atoms with E-state index in [2.05, 4.69) is 27.7 Å². The quantitative estimate of drug-likeness (QED) is 0.0369. The lowest BCUT2D eigenvalue weighted by atomic mass is 10.0. The van der Waals surface area contributed by atoms with E-state index in [1.807, 2.05) is 0 Å². The van der Waals surface area contributed by atoms with Crippen LogP contribution in [0.1, 0.15) is 227 Å². The summed E-state index contributed by atoms with van der Waals surface area (Å²) in [7, 11) is 0. The fourth-order valence-corrected chi connectivity index (χ4v) is 6.10. The minimum absolute atomic E-state index is 0.0660. The Labute approximate surface area is 298 Å². The van der Waals surface area contributed by atoms with Gasteiger partial charge in [-0.05, 0) is 25.2 Å². The van der Waals surface area contributed by atoms with Gasteiger partial charge in [0.1, 0.15) is 13.2 Å². The van der Waals surface area contributed by atoms with Gasteiger partial charge in [-0.25, -0.2) is 0 Å². The van der Waals surface area contributed by atoms with E-state index < -0.39 is 6.10 Å². The number of carbonyl (C=O) groups excluding carboxylic acids is 3. The Bertz CT molecular complexity index is 721. The molecule has 0 amide bonds. The summed E-state index contributed by atoms with van der Waals surface area (Å²) >= 11 is 0. The van der Waals surface area contributed by atoms with E-state index in [4.69, 9.17) is 14.2 Å². The SMILES string of the molecule is CCCCCCCCCCCCCCCCC(=O)O[C@@H](COC(=O)CCCCCCCCC)COC(=O)CCCCCCCCC(C)C. The van der Waals surface area contributed by atoms with Gasteiger partial charge in [-0.2, -0.15) is 0 Å². The molecule has 0 aromatic carbocycles. The van der Waals surface area contributed by atoms with Crippen molar-refractivity contribution >= 4 is 17.9 Å². The van der Waals surface area contributed by atoms with Crippen molar-refractivity contribution in [3.8, 4) is 0 Å². The average Bonchev–Trinajstić information content (AvgIpc) is 3.06. The molecule has 1 atom stereocenters. The Morgan fingerprint density at radius 2 is 0.688 bits per heavy atom. The van der Waals surface area contributed by atoms with Crippen LogP contribution in [-0.2, 0) is 28.6 Å². The molecule has 0 heterocycles. The van der Waals surface area contributed by atoms with E-state index in [1.165, 1.54) is 122 Å². The number of hydrogen-bond acceptors (Lipinski definition) is 6. The first kappa shape index (κ1) is 46.4. The minimum Gasteiger partial charge on any atom is -0.462 e. The van der Waals surface area contributed by atoms with Crippen molar-refractivity contribution in [2.24, 2.45) is 5.92 Å². The van der Waals surface area contributed by atoms with Crippen LogP contribution in [0.25, 0.3) is 0 Å². The third kappa shape index (κ3) is 35.7. The van der Waals surface area contributed by atoms with Crippen LogP contribution in [0.4, 0.5) is 0 Å². The highest BCUT2D eigenvalue weighted by atomic mass is 16.6. The molecule has 48 heavy (non-hydrogen) atoms. The Kier molecular flexibility index (Phi) is 35.5. The number of carbonyl (C=O) groups is 3. The minimum atomic E-state index is -0.757. The van der Waals surface area contributed by atoms with E-state index in [9.17, 15) is 14.4 Å². The van der Waals surface area contributed by atoms with Crippen molar-refractivity contribution in [1.29, 1.82) is 0 Å². The molecule has 284 valence electrons. The van der Waals surface area contributed by atoms with Gasteiger partial charge in [0.15, 0.2) is 6.10 Å². The standard InChI is InChI=1S/C42H80O6/c1-5-7-9-11-13-14-15-16-17-18-19-21-27-31-35-42(45)48-39(36-46-40(43)33-29-25-20-12-10-8-6-2)37-47-41(44)34-30-26-23-22-24-28-32-38(3)4/h38-39H,5-37H2,1-4H3/t39-/m0/s1. The zero-order chi connectivity index (χ0) is 35.3. The summed E-state index contributed by atoms with van der Waals surface area (Å²) in [6, 6.07) is 0. The molecule has 0 spiro atoms. The number of esters is 3. The fourth-order valence-electron chi connectivity index (χ4n) is 6.10. The lowest BCUT2D eigenvalue weighted by Crippen LogP contribution is -2.30. The van der Waals surface area contributed by atoms with Crippen molar-refractivity contribution in [2.75, 3.05) is 13.2 Å². The Hall–Kier alpha value is -1.59. The number of hydrogen-bond donors (Lipinski definition) is 0. The summed E-state index contributed by atoms with van der Waals surface area (Å²) in [6.07, 6.45) is 33.9. The number of ether oxygens (including phenoxy) is 3. The number of rotatable bonds is 37. The van der Waals surface area contributed by atoms with Gasteiger partial charge >= 0.3 is 17.9 Å². The predicted octanol–water partition coefficient (Wildman–Crippen LogP) is 12.8. The van der Waals surface area contributed by atoms with Gasteiger partial charge in [0.05, 0.1) is 0 Å². The summed E-state index contributed by atoms with van der Waals surface area (Å²) in [4.78, 5) is 37.4. The predicted molar refractivity (Wildman–Crippen MR) is 201 cm³/mol. The van der Waals surface area contributed by atoms with Crippen molar-refractivity contribution in [3.05, 3.63) is 0 Å². The third-order valence-corrected chi connectivity index (χ3v) is 9.29. The van der Waals surface area contributed by atoms with Gasteiger partial charge in [0, 0.05) is 19.3 Å². The monoisotopic (exact) mass is 681 g/mol. The first-order chi connectivity index (χ1) is 23.4. The van der Waals surface area contributed by atoms with E-state index in [0.29, 0.717) is 19.3 Å². The summed E-state index contributed by atoms with van der Waals surface area (Å²) in [6.45, 7) is 8.87. The zero-order valence-corrected chi connectivity index (χ0v) is 32.4. The summed E-state index contributed by atoms with van der Waals surface area (Å²) in [5, 5.41) is 0. The maximum absolute atomic E-state index is 12.6. The van der Waals surface area contributed by atoms with E-state index in [1.54, 1.807) is 0 Å². The van der Waals surface area contributed by atoms with E-state index in [0.717, 1.165) is 63.7 Å². The molecular weight excluding hydrogens is 600 g/mol. The van der Waals surface area contributed by atoms with Crippen LogP contribution in [0.3, 0.4) is 0 Å². The second-order valence-corrected chi connectivity index (χ2v) is 14.7. The molecule has 0 fully saturated rings. The van der Waals surface area contributed by atoms with Crippen LogP contribution in [0, 0.1) is 5.92 Å². The smallest absolute Gasteiger partial charge is 0.306 e. The molecule has 0 aliphatic rings. The maximum Gasteiger partial charge on any atom is 0.306 e. The Morgan fingerprint density at radius 3 is 1.02 bits per heavy atom. The highest BCUT2D eigenvalue weighted by Crippen LogP contribution is 2.15. The molecule has 0 aromatic rings. The second kappa shape index (κ2) is 36.7. The first-order valence-corrected chi connectivity index (χ1v) is 20.9. The topological polar surface area (TPSA) is 78.9 Å². The highest BCUT2D eigenvalue weighted by Gasteiger charge is 2.19. The lowest BCUT2D eigenvalue weighted by molar-refractivity contribution is -0.167. The largest absolute Gasteiger partial charge is 0.462 e. The molecule has 0 aromatic heterocycles. The molecule has 0 rings (SSSR count). The van der Waals surface area contributed by atoms with Crippen LogP contribution in [0.15, 0.2) is 0 Å². The van der Waals surface area contributed by atoms with Gasteiger partial charge in [0.2, 0.25) is 0 Å². The third-order valence-electron chi connectivity index (χ3n) is 9.29. The van der Waals surface area contributed by atoms with Gasteiger partial charge < -0.3 is 14.2 Å². The zero-order valence-electron chi connectivity index (χ0n) is 32.4.